The van der Waals surface area contributed by atoms with Crippen LogP contribution in [0.1, 0.15) is 25.7 Å². The molecule has 0 spiro atoms. The summed E-state index contributed by atoms with van der Waals surface area (Å²) in [4.78, 5) is 30.0. The number of fused-ring (bicyclic) bond motifs is 1. The Balaban J connectivity index is 1.53. The molecule has 0 aliphatic carbocycles. The molecule has 0 N–H and O–H groups in total. The number of amides is 1. The maximum Gasteiger partial charge on any atom is 0.329 e. The summed E-state index contributed by atoms with van der Waals surface area (Å²) in [6.07, 6.45) is 4.68. The summed E-state index contributed by atoms with van der Waals surface area (Å²) in [6.45, 7) is 4.24. The quantitative estimate of drug-likeness (QED) is 0.845. The van der Waals surface area contributed by atoms with Gasteiger partial charge in [0.1, 0.15) is 6.54 Å². The lowest BCUT2D eigenvalue weighted by atomic mass is 10.2. The molecule has 0 radical (unpaired) electrons. The monoisotopic (exact) mass is 342 g/mol. The van der Waals surface area contributed by atoms with Crippen LogP contribution in [0.25, 0.3) is 11.0 Å². The molecule has 4 rings (SSSR count). The molecule has 0 unspecified atom stereocenters. The minimum Gasteiger partial charge on any atom is -0.337 e. The standard InChI is InChI=1S/C19H26N4O2/c1-20-16-8-2-3-9-17(16)23(19(20)25)14-18(24)22-12-6-7-15(22)13-21-10-4-5-11-21/h2-3,8-9,15H,4-7,10-14H2,1H3/t15-/m0/s1. The van der Waals surface area contributed by atoms with Crippen molar-refractivity contribution in [3.8, 4) is 0 Å². The summed E-state index contributed by atoms with van der Waals surface area (Å²) in [5.41, 5.74) is 1.58. The third-order valence-electron chi connectivity index (χ3n) is 5.71. The zero-order valence-electron chi connectivity index (χ0n) is 14.9. The van der Waals surface area contributed by atoms with Crippen molar-refractivity contribution in [1.82, 2.24) is 18.9 Å². The molecule has 134 valence electrons. The van der Waals surface area contributed by atoms with Gasteiger partial charge in [-0.25, -0.2) is 4.79 Å². The SMILES string of the molecule is Cn1c(=O)n(CC(=O)N2CCC[C@H]2CN2CCCC2)c2ccccc21. The minimum atomic E-state index is -0.121. The largest absolute Gasteiger partial charge is 0.337 e. The van der Waals surface area contributed by atoms with Gasteiger partial charge in [0.2, 0.25) is 5.91 Å². The van der Waals surface area contributed by atoms with E-state index >= 15 is 0 Å². The Morgan fingerprint density at radius 1 is 1.08 bits per heavy atom. The van der Waals surface area contributed by atoms with Gasteiger partial charge in [0.15, 0.2) is 0 Å². The Kier molecular flexibility index (Phi) is 4.37. The maximum atomic E-state index is 12.9. The number of hydrogen-bond donors (Lipinski definition) is 0. The minimum absolute atomic E-state index is 0.0696. The van der Waals surface area contributed by atoms with Crippen LogP contribution in [0.15, 0.2) is 29.1 Å². The average molecular weight is 342 g/mol. The van der Waals surface area contributed by atoms with E-state index < -0.39 is 0 Å². The number of imidazole rings is 1. The molecule has 1 atom stereocenters. The first-order chi connectivity index (χ1) is 12.1. The summed E-state index contributed by atoms with van der Waals surface area (Å²) >= 11 is 0. The highest BCUT2D eigenvalue weighted by Crippen LogP contribution is 2.21. The zero-order chi connectivity index (χ0) is 17.4. The fourth-order valence-electron chi connectivity index (χ4n) is 4.36. The van der Waals surface area contributed by atoms with Gasteiger partial charge < -0.3 is 9.80 Å². The van der Waals surface area contributed by atoms with Crippen LogP contribution >= 0.6 is 0 Å². The molecular weight excluding hydrogens is 316 g/mol. The van der Waals surface area contributed by atoms with Crippen molar-refractivity contribution in [2.75, 3.05) is 26.2 Å². The molecule has 6 nitrogen and oxygen atoms in total. The van der Waals surface area contributed by atoms with Gasteiger partial charge in [-0.15, -0.1) is 0 Å². The van der Waals surface area contributed by atoms with E-state index in [2.05, 4.69) is 4.90 Å². The van der Waals surface area contributed by atoms with Gasteiger partial charge in [0.05, 0.1) is 11.0 Å². The fraction of sp³-hybridized carbons (Fsp3) is 0.579. The molecule has 1 aromatic heterocycles. The normalized spacial score (nSPS) is 21.5. The molecule has 6 heteroatoms. The van der Waals surface area contributed by atoms with Crippen LogP contribution < -0.4 is 5.69 Å². The summed E-state index contributed by atoms with van der Waals surface area (Å²) in [5, 5.41) is 0. The highest BCUT2D eigenvalue weighted by molar-refractivity contribution is 5.81. The number of aryl methyl sites for hydroxylation is 1. The Labute approximate surface area is 147 Å². The summed E-state index contributed by atoms with van der Waals surface area (Å²) in [6, 6.07) is 7.96. The molecule has 1 amide bonds. The van der Waals surface area contributed by atoms with Crippen molar-refractivity contribution in [3.63, 3.8) is 0 Å². The molecule has 3 heterocycles. The molecule has 2 aromatic rings. The van der Waals surface area contributed by atoms with Crippen LogP contribution in [0.3, 0.4) is 0 Å². The van der Waals surface area contributed by atoms with Crippen molar-refractivity contribution in [3.05, 3.63) is 34.7 Å². The summed E-state index contributed by atoms with van der Waals surface area (Å²) in [7, 11) is 1.76. The van der Waals surface area contributed by atoms with E-state index in [1.54, 1.807) is 16.2 Å². The van der Waals surface area contributed by atoms with E-state index in [1.807, 2.05) is 29.2 Å². The number of likely N-dealkylation sites (tertiary alicyclic amines) is 2. The lowest BCUT2D eigenvalue weighted by molar-refractivity contribution is -0.132. The van der Waals surface area contributed by atoms with Crippen LogP contribution in [-0.2, 0) is 18.4 Å². The first-order valence-corrected chi connectivity index (χ1v) is 9.31. The predicted octanol–water partition coefficient (Wildman–Crippen LogP) is 1.43. The van der Waals surface area contributed by atoms with E-state index in [0.717, 1.165) is 50.1 Å². The second-order valence-corrected chi connectivity index (χ2v) is 7.31. The Morgan fingerprint density at radius 2 is 1.80 bits per heavy atom. The number of rotatable bonds is 4. The van der Waals surface area contributed by atoms with Crippen molar-refractivity contribution < 1.29 is 4.79 Å². The fourth-order valence-corrected chi connectivity index (χ4v) is 4.36. The van der Waals surface area contributed by atoms with Crippen molar-refractivity contribution in [2.45, 2.75) is 38.3 Å². The third-order valence-corrected chi connectivity index (χ3v) is 5.71. The molecular formula is C19H26N4O2. The molecule has 2 aliphatic rings. The van der Waals surface area contributed by atoms with Crippen molar-refractivity contribution >= 4 is 16.9 Å². The van der Waals surface area contributed by atoms with Crippen molar-refractivity contribution in [2.24, 2.45) is 7.05 Å². The van der Waals surface area contributed by atoms with Crippen LogP contribution in [0.5, 0.6) is 0 Å². The van der Waals surface area contributed by atoms with Crippen LogP contribution in [-0.4, -0.2) is 57.1 Å². The lowest BCUT2D eigenvalue weighted by Gasteiger charge is -2.28. The Hall–Kier alpha value is -2.08. The van der Waals surface area contributed by atoms with E-state index in [1.165, 1.54) is 12.8 Å². The Morgan fingerprint density at radius 3 is 2.56 bits per heavy atom. The molecule has 2 aliphatic heterocycles. The van der Waals surface area contributed by atoms with Gasteiger partial charge in [-0.3, -0.25) is 13.9 Å². The number of aromatic nitrogens is 2. The van der Waals surface area contributed by atoms with Gasteiger partial charge in [0, 0.05) is 26.2 Å². The predicted molar refractivity (Wildman–Crippen MR) is 97.6 cm³/mol. The molecule has 25 heavy (non-hydrogen) atoms. The van der Waals surface area contributed by atoms with E-state index in [0.29, 0.717) is 6.04 Å². The van der Waals surface area contributed by atoms with Crippen LogP contribution in [0, 0.1) is 0 Å². The maximum absolute atomic E-state index is 12.9. The topological polar surface area (TPSA) is 50.5 Å². The summed E-state index contributed by atoms with van der Waals surface area (Å²) in [5.74, 6) is 0.0696. The van der Waals surface area contributed by atoms with Gasteiger partial charge >= 0.3 is 5.69 Å². The number of carbonyl (C=O) groups is 1. The van der Waals surface area contributed by atoms with Crippen LogP contribution in [0.2, 0.25) is 0 Å². The average Bonchev–Trinajstić information content (AvgIpc) is 3.34. The molecule has 1 aromatic carbocycles. The van der Waals surface area contributed by atoms with E-state index in [-0.39, 0.29) is 18.1 Å². The third kappa shape index (κ3) is 2.99. The van der Waals surface area contributed by atoms with Crippen LogP contribution in [0.4, 0.5) is 0 Å². The highest BCUT2D eigenvalue weighted by atomic mass is 16.2. The molecule has 2 fully saturated rings. The van der Waals surface area contributed by atoms with Gasteiger partial charge in [-0.1, -0.05) is 12.1 Å². The Bertz CT molecular complexity index is 832. The summed E-state index contributed by atoms with van der Waals surface area (Å²) < 4.78 is 3.23. The molecule has 0 saturated carbocycles. The number of hydrogen-bond acceptors (Lipinski definition) is 3. The van der Waals surface area contributed by atoms with Gasteiger partial charge in [-0.05, 0) is 50.9 Å². The molecule has 2 saturated heterocycles. The lowest BCUT2D eigenvalue weighted by Crippen LogP contribution is -2.44. The van der Waals surface area contributed by atoms with E-state index in [9.17, 15) is 9.59 Å². The number of para-hydroxylation sites is 2. The number of carbonyl (C=O) groups excluding carboxylic acids is 1. The van der Waals surface area contributed by atoms with Gasteiger partial charge in [0.25, 0.3) is 0 Å². The second kappa shape index (κ2) is 6.67. The second-order valence-electron chi connectivity index (χ2n) is 7.31. The van der Waals surface area contributed by atoms with E-state index in [4.69, 9.17) is 0 Å². The van der Waals surface area contributed by atoms with Gasteiger partial charge in [-0.2, -0.15) is 0 Å². The first-order valence-electron chi connectivity index (χ1n) is 9.31. The number of nitrogens with zero attached hydrogens (tertiary/aromatic N) is 4. The smallest absolute Gasteiger partial charge is 0.329 e. The highest BCUT2D eigenvalue weighted by Gasteiger charge is 2.31. The zero-order valence-corrected chi connectivity index (χ0v) is 14.9. The van der Waals surface area contributed by atoms with Crippen molar-refractivity contribution in [1.29, 1.82) is 0 Å². The molecule has 0 bridgehead atoms. The first kappa shape index (κ1) is 16.4. The number of benzene rings is 1.